The third kappa shape index (κ3) is 5.31. The normalized spacial score (nSPS) is 15.0. The summed E-state index contributed by atoms with van der Waals surface area (Å²) < 4.78 is 15.4. The van der Waals surface area contributed by atoms with E-state index in [1.807, 2.05) is 0 Å². The lowest BCUT2D eigenvalue weighted by molar-refractivity contribution is -0.343. The standard InChI is InChI=1S/C17H19N4O11P/c1-6-2-8-9(3-7(6)16(26)27)21(14-12(18-8)15(25)20-17(28)19-14)4-10(22)13(24)11(23)5-32-33(29,30)31/h2-3,10-11,13,22-24H,4-5H2,1H3,(H,26,27)(H,20,25,28)(H2,29,30,31)/p-4/t10-,11+,13-/m0/s1. The fourth-order valence-electron chi connectivity index (χ4n) is 3.13. The Kier molecular flexibility index (Phi) is 6.76. The fraction of sp³-hybridized carbons (Fsp3) is 0.353. The van der Waals surface area contributed by atoms with E-state index in [1.54, 1.807) is 0 Å². The van der Waals surface area contributed by atoms with Crippen LogP contribution in [-0.2, 0) is 15.6 Å². The van der Waals surface area contributed by atoms with Gasteiger partial charge in [0.1, 0.15) is 18.3 Å². The van der Waals surface area contributed by atoms with Crippen molar-refractivity contribution in [3.8, 4) is 17.5 Å². The van der Waals surface area contributed by atoms with Crippen molar-refractivity contribution in [2.24, 2.45) is 0 Å². The van der Waals surface area contributed by atoms with Gasteiger partial charge < -0.3 is 53.8 Å². The van der Waals surface area contributed by atoms with E-state index in [1.165, 1.54) is 13.0 Å². The number of phosphoric ester groups is 1. The molecule has 0 aliphatic carbocycles. The van der Waals surface area contributed by atoms with E-state index >= 15 is 0 Å². The van der Waals surface area contributed by atoms with Crippen molar-refractivity contribution in [1.29, 1.82) is 0 Å². The Morgan fingerprint density at radius 3 is 2.45 bits per heavy atom. The number of fused-ring (bicyclic) bond motifs is 2. The van der Waals surface area contributed by atoms with E-state index in [4.69, 9.17) is 0 Å². The first-order valence-electron chi connectivity index (χ1n) is 9.10. The van der Waals surface area contributed by atoms with Crippen molar-refractivity contribution in [2.45, 2.75) is 31.8 Å². The number of phosphoric acid groups is 1. The van der Waals surface area contributed by atoms with Crippen LogP contribution in [0.15, 0.2) is 16.9 Å². The molecule has 2 heterocycles. The van der Waals surface area contributed by atoms with Gasteiger partial charge in [-0.25, -0.2) is 15.0 Å². The Bertz CT molecular complexity index is 1290. The number of aromatic carboxylic acids is 1. The molecule has 0 saturated heterocycles. The van der Waals surface area contributed by atoms with Gasteiger partial charge in [-0.1, -0.05) is 0 Å². The number of carboxylic acid groups (broad SMARTS) is 1. The summed E-state index contributed by atoms with van der Waals surface area (Å²) in [7, 11) is -5.47. The van der Waals surface area contributed by atoms with Crippen molar-refractivity contribution < 1.29 is 49.2 Å². The van der Waals surface area contributed by atoms with Crippen LogP contribution in [0.1, 0.15) is 15.9 Å². The molecule has 178 valence electrons. The lowest BCUT2D eigenvalue weighted by atomic mass is 10.1. The zero-order chi connectivity index (χ0) is 24.7. The van der Waals surface area contributed by atoms with E-state index < -0.39 is 68.3 Å². The molecule has 33 heavy (non-hydrogen) atoms. The molecular weight excluding hydrogens is 467 g/mol. The number of aromatic nitrogens is 4. The van der Waals surface area contributed by atoms with Gasteiger partial charge in [0.15, 0.2) is 11.5 Å². The van der Waals surface area contributed by atoms with Crippen LogP contribution in [0.2, 0.25) is 0 Å². The van der Waals surface area contributed by atoms with Crippen LogP contribution < -0.4 is 25.6 Å². The minimum atomic E-state index is -5.47. The highest BCUT2D eigenvalue weighted by Gasteiger charge is 2.28. The van der Waals surface area contributed by atoms with Gasteiger partial charge in [-0.05, 0) is 24.6 Å². The van der Waals surface area contributed by atoms with Gasteiger partial charge in [-0.2, -0.15) is 0 Å². The summed E-state index contributed by atoms with van der Waals surface area (Å²) >= 11 is 0. The van der Waals surface area contributed by atoms with Crippen LogP contribution in [0.3, 0.4) is 0 Å². The molecular formula is C17H15N4O11P-4. The van der Waals surface area contributed by atoms with E-state index in [9.17, 15) is 49.5 Å². The van der Waals surface area contributed by atoms with E-state index in [0.717, 1.165) is 10.6 Å². The number of aliphatic hydroxyl groups is 3. The maximum absolute atomic E-state index is 12.2. The predicted octanol–water partition coefficient (Wildman–Crippen LogP) is -5.04. The van der Waals surface area contributed by atoms with Gasteiger partial charge >= 0.3 is 0 Å². The largest absolute Gasteiger partial charge is 0.844 e. The number of aliphatic hydroxyl groups excluding tert-OH is 3. The first-order valence-corrected chi connectivity index (χ1v) is 10.6. The highest BCUT2D eigenvalue weighted by molar-refractivity contribution is 7.43. The monoisotopic (exact) mass is 482 g/mol. The fourth-order valence-corrected chi connectivity index (χ4v) is 3.47. The second-order valence-electron chi connectivity index (χ2n) is 7.02. The molecule has 2 aliphatic heterocycles. The molecule has 15 nitrogen and oxygen atoms in total. The summed E-state index contributed by atoms with van der Waals surface area (Å²) in [5, 5.41) is 53.5. The highest BCUT2D eigenvalue weighted by atomic mass is 31.2. The van der Waals surface area contributed by atoms with Crippen LogP contribution in [-0.4, -0.2) is 65.7 Å². The zero-order valence-electron chi connectivity index (χ0n) is 16.6. The topological polar surface area (TPSA) is 257 Å². The zero-order valence-corrected chi connectivity index (χ0v) is 17.5. The average Bonchev–Trinajstić information content (AvgIpc) is 2.70. The Morgan fingerprint density at radius 2 is 1.85 bits per heavy atom. The van der Waals surface area contributed by atoms with Crippen LogP contribution in [0, 0.1) is 6.92 Å². The van der Waals surface area contributed by atoms with Crippen molar-refractivity contribution in [1.82, 2.24) is 19.5 Å². The number of hydrogen-bond acceptors (Lipinski definition) is 14. The summed E-state index contributed by atoms with van der Waals surface area (Å²) in [6.07, 6.45) is -6.02. The molecule has 3 atom stereocenters. The van der Waals surface area contributed by atoms with E-state index in [0.29, 0.717) is 0 Å². The molecule has 0 saturated carbocycles. The second-order valence-corrected chi connectivity index (χ2v) is 8.17. The molecule has 0 spiro atoms. The summed E-state index contributed by atoms with van der Waals surface area (Å²) in [6, 6.07) is 1.19. The van der Waals surface area contributed by atoms with Crippen LogP contribution in [0.25, 0.3) is 22.6 Å². The summed E-state index contributed by atoms with van der Waals surface area (Å²) in [5.41, 5.74) is -1.48. The predicted molar refractivity (Wildman–Crippen MR) is 98.3 cm³/mol. The van der Waals surface area contributed by atoms with Gasteiger partial charge in [0.05, 0.1) is 44.0 Å². The molecule has 16 heteroatoms. The molecule has 1 aromatic rings. The van der Waals surface area contributed by atoms with Crippen LogP contribution >= 0.6 is 7.82 Å². The summed E-state index contributed by atoms with van der Waals surface area (Å²) in [6.45, 7) is -0.405. The maximum Gasteiger partial charge on any atom is 0.300 e. The molecule has 0 aromatic heterocycles. The number of carboxylic acids is 1. The van der Waals surface area contributed by atoms with Gasteiger partial charge in [0.2, 0.25) is 0 Å². The van der Waals surface area contributed by atoms with E-state index in [-0.39, 0.29) is 22.2 Å². The summed E-state index contributed by atoms with van der Waals surface area (Å²) in [5.74, 6) is -1.95. The molecule has 0 fully saturated rings. The number of nitrogens with zero attached hydrogens (tertiary/aromatic N) is 4. The van der Waals surface area contributed by atoms with Gasteiger partial charge in [-0.15, -0.1) is 0 Å². The lowest BCUT2D eigenvalue weighted by Crippen LogP contribution is -2.43. The Labute approximate surface area is 183 Å². The quantitative estimate of drug-likeness (QED) is 0.201. The number of carbonyl (C=O) groups excluding carboxylic acids is 1. The van der Waals surface area contributed by atoms with Gasteiger partial charge in [-0.3, -0.25) is 4.79 Å². The van der Waals surface area contributed by atoms with Crippen LogP contribution in [0.4, 0.5) is 0 Å². The molecule has 0 bridgehead atoms. The minimum absolute atomic E-state index is 0.0367. The first kappa shape index (κ1) is 24.6. The molecule has 3 rings (SSSR count). The van der Waals surface area contributed by atoms with Crippen molar-refractivity contribution >= 4 is 24.8 Å². The molecule has 0 radical (unpaired) electrons. The third-order valence-electron chi connectivity index (χ3n) is 4.69. The molecule has 1 aromatic carbocycles. The lowest BCUT2D eigenvalue weighted by Gasteiger charge is -2.31. The van der Waals surface area contributed by atoms with Crippen molar-refractivity contribution in [2.75, 3.05) is 6.61 Å². The van der Waals surface area contributed by atoms with E-state index in [2.05, 4.69) is 19.5 Å². The molecule has 0 amide bonds. The SMILES string of the molecule is Cc1cc2nc3c(=O)nc([O-])nc-3n(C[C@H](O)[C@H](O)[C@H](O)COP(=O)([O-])[O-])c2cc1C(=O)[O-]. The number of hydrogen-bond donors (Lipinski definition) is 3. The Balaban J connectivity index is 2.12. The number of benzene rings is 1. The average molecular weight is 482 g/mol. The second kappa shape index (κ2) is 9.07. The Hall–Kier alpha value is -3.04. The van der Waals surface area contributed by atoms with Gasteiger partial charge in [0, 0.05) is 5.56 Å². The smallest absolute Gasteiger partial charge is 0.300 e. The molecule has 2 aliphatic rings. The molecule has 3 N–H and O–H groups in total. The van der Waals surface area contributed by atoms with Crippen molar-refractivity contribution in [3.05, 3.63) is 33.6 Å². The van der Waals surface area contributed by atoms with Gasteiger partial charge in [0.25, 0.3) is 5.56 Å². The van der Waals surface area contributed by atoms with Crippen molar-refractivity contribution in [3.63, 3.8) is 0 Å². The third-order valence-corrected chi connectivity index (χ3v) is 5.16. The minimum Gasteiger partial charge on any atom is -0.844 e. The Morgan fingerprint density at radius 1 is 1.18 bits per heavy atom. The maximum atomic E-state index is 12.2. The number of aryl methyl sites for hydroxylation is 1. The summed E-state index contributed by atoms with van der Waals surface area (Å²) in [4.78, 5) is 55.5. The number of rotatable bonds is 8. The highest BCUT2D eigenvalue weighted by Crippen LogP contribution is 2.27. The first-order chi connectivity index (χ1) is 15.3. The van der Waals surface area contributed by atoms with Crippen LogP contribution in [0.5, 0.6) is 6.01 Å². The number of carbonyl (C=O) groups is 1. The molecule has 0 unspecified atom stereocenters.